The van der Waals surface area contributed by atoms with Gasteiger partial charge in [-0.2, -0.15) is 0 Å². The molecule has 1 rings (SSSR count). The van der Waals surface area contributed by atoms with Crippen molar-refractivity contribution in [2.24, 2.45) is 5.73 Å². The molecule has 90 valence electrons. The molecule has 0 aromatic heterocycles. The quantitative estimate of drug-likeness (QED) is 0.757. The minimum atomic E-state index is -0.674. The van der Waals surface area contributed by atoms with Crippen molar-refractivity contribution in [3.63, 3.8) is 0 Å². The number of benzene rings is 1. The number of ether oxygens (including phenoxy) is 1. The maximum atomic E-state index is 10.0. The number of aliphatic hydroxyl groups excluding tert-OH is 1. The van der Waals surface area contributed by atoms with Crippen molar-refractivity contribution >= 4 is 11.6 Å². The van der Waals surface area contributed by atoms with Gasteiger partial charge in [0.2, 0.25) is 0 Å². The Labute approximate surface area is 99.6 Å². The van der Waals surface area contributed by atoms with Crippen LogP contribution in [0.1, 0.15) is 22.7 Å². The fourth-order valence-corrected chi connectivity index (χ4v) is 1.96. The third kappa shape index (κ3) is 1.96. The van der Waals surface area contributed by atoms with E-state index in [1.807, 2.05) is 0 Å². The third-order valence-corrected chi connectivity index (χ3v) is 3.21. The lowest BCUT2D eigenvalue weighted by atomic mass is 9.97. The number of phenols is 1. The van der Waals surface area contributed by atoms with Crippen molar-refractivity contribution in [1.29, 1.82) is 0 Å². The number of aromatic hydroxyl groups is 1. The molecule has 0 bridgehead atoms. The summed E-state index contributed by atoms with van der Waals surface area (Å²) in [7, 11) is 1.45. The maximum absolute atomic E-state index is 10.0. The number of methoxy groups -OCH3 is 1. The molecule has 0 saturated heterocycles. The summed E-state index contributed by atoms with van der Waals surface area (Å²) in [5, 5.41) is 19.5. The minimum Gasteiger partial charge on any atom is -0.504 e. The molecule has 4 N–H and O–H groups in total. The predicted octanol–water partition coefficient (Wildman–Crippen LogP) is 1.66. The average Bonchev–Trinajstić information content (AvgIpc) is 2.27. The fraction of sp³-hybridized carbons (Fsp3) is 0.455. The SMILES string of the molecule is COc1c(C)c(Cl)c(C)c(C(N)CO)c1O. The number of hydrogen-bond acceptors (Lipinski definition) is 4. The van der Waals surface area contributed by atoms with Crippen LogP contribution in [0, 0.1) is 13.8 Å². The Morgan fingerprint density at radius 3 is 2.38 bits per heavy atom. The van der Waals surface area contributed by atoms with Gasteiger partial charge in [0.25, 0.3) is 0 Å². The first-order valence-corrected chi connectivity index (χ1v) is 5.25. The first kappa shape index (κ1) is 13.1. The molecule has 1 aromatic carbocycles. The van der Waals surface area contributed by atoms with Crippen molar-refractivity contribution in [2.45, 2.75) is 19.9 Å². The number of hydrogen-bond donors (Lipinski definition) is 3. The molecule has 0 heterocycles. The van der Waals surface area contributed by atoms with E-state index in [2.05, 4.69) is 0 Å². The van der Waals surface area contributed by atoms with Crippen molar-refractivity contribution < 1.29 is 14.9 Å². The molecule has 0 aliphatic carbocycles. The molecule has 0 aliphatic rings. The Kier molecular flexibility index (Phi) is 4.02. The lowest BCUT2D eigenvalue weighted by Gasteiger charge is -2.19. The second kappa shape index (κ2) is 4.91. The number of rotatable bonds is 3. The van der Waals surface area contributed by atoms with Crippen LogP contribution in [0.4, 0.5) is 0 Å². The summed E-state index contributed by atoms with van der Waals surface area (Å²) in [6, 6.07) is -0.674. The van der Waals surface area contributed by atoms with Gasteiger partial charge in [0.05, 0.1) is 24.8 Å². The van der Waals surface area contributed by atoms with Gasteiger partial charge in [0.1, 0.15) is 0 Å². The van der Waals surface area contributed by atoms with Crippen molar-refractivity contribution in [3.8, 4) is 11.5 Å². The van der Waals surface area contributed by atoms with Crippen molar-refractivity contribution in [3.05, 3.63) is 21.7 Å². The summed E-state index contributed by atoms with van der Waals surface area (Å²) < 4.78 is 5.08. The maximum Gasteiger partial charge on any atom is 0.165 e. The molecule has 16 heavy (non-hydrogen) atoms. The van der Waals surface area contributed by atoms with Gasteiger partial charge in [-0.15, -0.1) is 0 Å². The van der Waals surface area contributed by atoms with Crippen LogP contribution < -0.4 is 10.5 Å². The van der Waals surface area contributed by atoms with Crippen LogP contribution in [-0.4, -0.2) is 23.9 Å². The Morgan fingerprint density at radius 2 is 1.94 bits per heavy atom. The fourth-order valence-electron chi connectivity index (χ4n) is 1.77. The van der Waals surface area contributed by atoms with Gasteiger partial charge in [-0.1, -0.05) is 11.6 Å². The van der Waals surface area contributed by atoms with Gasteiger partial charge in [-0.25, -0.2) is 0 Å². The van der Waals surface area contributed by atoms with E-state index in [4.69, 9.17) is 27.2 Å². The highest BCUT2D eigenvalue weighted by Gasteiger charge is 2.22. The van der Waals surface area contributed by atoms with Gasteiger partial charge in [0, 0.05) is 11.1 Å². The molecule has 5 heteroatoms. The molecular weight excluding hydrogens is 230 g/mol. The van der Waals surface area contributed by atoms with Gasteiger partial charge < -0.3 is 20.7 Å². The summed E-state index contributed by atoms with van der Waals surface area (Å²) >= 11 is 6.11. The van der Waals surface area contributed by atoms with E-state index < -0.39 is 6.04 Å². The van der Waals surface area contributed by atoms with E-state index in [-0.39, 0.29) is 12.4 Å². The van der Waals surface area contributed by atoms with Crippen LogP contribution in [-0.2, 0) is 0 Å². The number of halogens is 1. The molecule has 4 nitrogen and oxygen atoms in total. The van der Waals surface area contributed by atoms with Crippen LogP contribution in [0.5, 0.6) is 11.5 Å². The summed E-state index contributed by atoms with van der Waals surface area (Å²) in [5.74, 6) is 0.248. The zero-order chi connectivity index (χ0) is 12.5. The summed E-state index contributed by atoms with van der Waals surface area (Å²) in [6.45, 7) is 3.23. The molecule has 0 amide bonds. The number of phenolic OH excluding ortho intramolecular Hbond substituents is 1. The van der Waals surface area contributed by atoms with E-state index in [0.29, 0.717) is 27.5 Å². The van der Waals surface area contributed by atoms with Crippen LogP contribution in [0.15, 0.2) is 0 Å². The first-order chi connectivity index (χ1) is 7.45. The molecule has 0 aliphatic heterocycles. The third-order valence-electron chi connectivity index (χ3n) is 2.64. The Hall–Kier alpha value is -0.970. The predicted molar refractivity (Wildman–Crippen MR) is 63.2 cm³/mol. The smallest absolute Gasteiger partial charge is 0.165 e. The molecular formula is C11H16ClNO3. The van der Waals surface area contributed by atoms with Gasteiger partial charge >= 0.3 is 0 Å². The number of nitrogens with two attached hydrogens (primary N) is 1. The standard InChI is InChI=1S/C11H16ClNO3/c1-5-8(7(13)4-14)10(15)11(16-3)6(2)9(5)12/h7,14-15H,4,13H2,1-3H3. The molecule has 0 radical (unpaired) electrons. The molecule has 0 saturated carbocycles. The minimum absolute atomic E-state index is 0.0524. The topological polar surface area (TPSA) is 75.7 Å². The molecule has 0 fully saturated rings. The lowest BCUT2D eigenvalue weighted by molar-refractivity contribution is 0.263. The zero-order valence-corrected chi connectivity index (χ0v) is 10.3. The van der Waals surface area contributed by atoms with E-state index in [0.717, 1.165) is 0 Å². The van der Waals surface area contributed by atoms with E-state index in [1.54, 1.807) is 13.8 Å². The van der Waals surface area contributed by atoms with Crippen LogP contribution >= 0.6 is 11.6 Å². The van der Waals surface area contributed by atoms with Crippen molar-refractivity contribution in [1.82, 2.24) is 0 Å². The van der Waals surface area contributed by atoms with Gasteiger partial charge in [-0.3, -0.25) is 0 Å². The highest BCUT2D eigenvalue weighted by molar-refractivity contribution is 6.32. The summed E-state index contributed by atoms with van der Waals surface area (Å²) in [4.78, 5) is 0. The second-order valence-corrected chi connectivity index (χ2v) is 4.03. The van der Waals surface area contributed by atoms with Crippen LogP contribution in [0.3, 0.4) is 0 Å². The highest BCUT2D eigenvalue weighted by atomic mass is 35.5. The van der Waals surface area contributed by atoms with Gasteiger partial charge in [-0.05, 0) is 19.4 Å². The zero-order valence-electron chi connectivity index (χ0n) is 9.54. The van der Waals surface area contributed by atoms with Gasteiger partial charge in [0.15, 0.2) is 11.5 Å². The van der Waals surface area contributed by atoms with E-state index in [1.165, 1.54) is 7.11 Å². The largest absolute Gasteiger partial charge is 0.504 e. The second-order valence-electron chi connectivity index (χ2n) is 3.65. The molecule has 1 atom stereocenters. The normalized spacial score (nSPS) is 12.6. The Balaban J connectivity index is 3.55. The monoisotopic (exact) mass is 245 g/mol. The molecule has 1 aromatic rings. The number of aliphatic hydroxyl groups is 1. The summed E-state index contributed by atoms with van der Waals surface area (Å²) in [6.07, 6.45) is 0. The van der Waals surface area contributed by atoms with Crippen molar-refractivity contribution in [2.75, 3.05) is 13.7 Å². The first-order valence-electron chi connectivity index (χ1n) is 4.87. The summed E-state index contributed by atoms with van der Waals surface area (Å²) in [5.41, 5.74) is 7.47. The highest BCUT2D eigenvalue weighted by Crippen LogP contribution is 2.42. The average molecular weight is 246 g/mol. The Morgan fingerprint density at radius 1 is 1.38 bits per heavy atom. The van der Waals surface area contributed by atoms with E-state index in [9.17, 15) is 5.11 Å². The van der Waals surface area contributed by atoms with E-state index >= 15 is 0 Å². The lowest BCUT2D eigenvalue weighted by Crippen LogP contribution is -2.16. The Bertz CT molecular complexity index is 407. The molecule has 1 unspecified atom stereocenters. The van der Waals surface area contributed by atoms with Crippen LogP contribution in [0.25, 0.3) is 0 Å². The molecule has 0 spiro atoms. The van der Waals surface area contributed by atoms with Crippen LogP contribution in [0.2, 0.25) is 5.02 Å².